The summed E-state index contributed by atoms with van der Waals surface area (Å²) in [4.78, 5) is 14.6. The molecule has 3 heterocycles. The fraction of sp³-hybridized carbons (Fsp3) is 0. The molecule has 0 unspecified atom stereocenters. The Hall–Kier alpha value is -5.39. The molecule has 0 fully saturated rings. The van der Waals surface area contributed by atoms with E-state index in [-0.39, 0.29) is 0 Å². The summed E-state index contributed by atoms with van der Waals surface area (Å²) in [6, 6.07) is 48.5. The van der Waals surface area contributed by atoms with Crippen LogP contribution >= 0.6 is 15.9 Å². The number of halogens is 1. The highest BCUT2D eigenvalue weighted by atomic mass is 79.9. The highest BCUT2D eigenvalue weighted by Gasteiger charge is 2.17. The zero-order valence-electron chi connectivity index (χ0n) is 23.6. The lowest BCUT2D eigenvalue weighted by Crippen LogP contribution is -2.04. The van der Waals surface area contributed by atoms with E-state index in [0.29, 0.717) is 5.95 Å². The summed E-state index contributed by atoms with van der Waals surface area (Å²) in [5.74, 6) is 0.632. The molecule has 208 valence electrons. The molecule has 0 N–H and O–H groups in total. The minimum Gasteiger partial charge on any atom is -0.278 e. The van der Waals surface area contributed by atoms with E-state index in [1.807, 2.05) is 30.6 Å². The van der Waals surface area contributed by atoms with E-state index in [4.69, 9.17) is 9.97 Å². The minimum absolute atomic E-state index is 0.632. The number of hydrogen-bond donors (Lipinski definition) is 0. The number of rotatable bonds is 5. The van der Waals surface area contributed by atoms with Gasteiger partial charge in [0.05, 0.1) is 22.4 Å². The largest absolute Gasteiger partial charge is 0.278 e. The number of benzene rings is 5. The first kappa shape index (κ1) is 26.3. The molecule has 0 saturated heterocycles. The van der Waals surface area contributed by atoms with Crippen LogP contribution in [0.25, 0.3) is 72.5 Å². The number of fused-ring (bicyclic) bond motifs is 3. The zero-order valence-corrected chi connectivity index (χ0v) is 25.2. The Morgan fingerprint density at radius 3 is 1.64 bits per heavy atom. The highest BCUT2D eigenvalue weighted by Crippen LogP contribution is 2.35. The summed E-state index contributed by atoms with van der Waals surface area (Å²) in [6.07, 6.45) is 3.64. The summed E-state index contributed by atoms with van der Waals surface area (Å²) >= 11 is 3.76. The predicted molar refractivity (Wildman–Crippen MR) is 184 cm³/mol. The molecule has 0 amide bonds. The van der Waals surface area contributed by atoms with Crippen molar-refractivity contribution in [3.63, 3.8) is 0 Å². The minimum atomic E-state index is 0.632. The molecule has 0 spiro atoms. The summed E-state index contributed by atoms with van der Waals surface area (Å²) in [6.45, 7) is 0. The zero-order chi connectivity index (χ0) is 29.5. The quantitative estimate of drug-likeness (QED) is 0.190. The summed E-state index contributed by atoms with van der Waals surface area (Å²) < 4.78 is 3.16. The average molecular weight is 630 g/mol. The van der Waals surface area contributed by atoms with Gasteiger partial charge in [-0.15, -0.1) is 0 Å². The molecule has 4 nitrogen and oxygen atoms in total. The van der Waals surface area contributed by atoms with Crippen LogP contribution in [0.2, 0.25) is 0 Å². The van der Waals surface area contributed by atoms with Crippen LogP contribution in [0.5, 0.6) is 0 Å². The first-order chi connectivity index (χ1) is 21.7. The third-order valence-electron chi connectivity index (χ3n) is 7.99. The van der Waals surface area contributed by atoms with Crippen molar-refractivity contribution in [1.29, 1.82) is 0 Å². The van der Waals surface area contributed by atoms with Crippen LogP contribution in [0, 0.1) is 0 Å². The lowest BCUT2D eigenvalue weighted by atomic mass is 10.0. The molecule has 0 saturated carbocycles. The van der Waals surface area contributed by atoms with E-state index in [1.165, 1.54) is 21.9 Å². The Morgan fingerprint density at radius 1 is 0.432 bits per heavy atom. The van der Waals surface area contributed by atoms with Gasteiger partial charge in [0.2, 0.25) is 5.95 Å². The van der Waals surface area contributed by atoms with Crippen LogP contribution in [0.15, 0.2) is 156 Å². The van der Waals surface area contributed by atoms with Crippen molar-refractivity contribution in [2.75, 3.05) is 0 Å². The van der Waals surface area contributed by atoms with E-state index in [0.717, 1.165) is 49.1 Å². The van der Waals surface area contributed by atoms with Crippen molar-refractivity contribution < 1.29 is 0 Å². The molecule has 3 aromatic heterocycles. The normalized spacial score (nSPS) is 11.3. The second-order valence-corrected chi connectivity index (χ2v) is 11.6. The van der Waals surface area contributed by atoms with E-state index < -0.39 is 0 Å². The summed E-state index contributed by atoms with van der Waals surface area (Å²) in [7, 11) is 0. The number of nitrogens with zero attached hydrogens (tertiary/aromatic N) is 4. The Morgan fingerprint density at radius 2 is 0.955 bits per heavy atom. The maximum Gasteiger partial charge on any atom is 0.235 e. The molecule has 0 radical (unpaired) electrons. The Balaban J connectivity index is 1.35. The summed E-state index contributed by atoms with van der Waals surface area (Å²) in [5, 5.41) is 2.35. The van der Waals surface area contributed by atoms with E-state index in [2.05, 4.69) is 147 Å². The maximum atomic E-state index is 5.23. The fourth-order valence-electron chi connectivity index (χ4n) is 5.88. The van der Waals surface area contributed by atoms with Crippen LogP contribution in [0.4, 0.5) is 0 Å². The van der Waals surface area contributed by atoms with Crippen molar-refractivity contribution in [3.05, 3.63) is 156 Å². The third kappa shape index (κ3) is 4.77. The predicted octanol–water partition coefficient (Wildman–Crippen LogP) is 10.4. The van der Waals surface area contributed by atoms with Gasteiger partial charge in [-0.3, -0.25) is 9.55 Å². The van der Waals surface area contributed by atoms with Gasteiger partial charge < -0.3 is 0 Å². The molecule has 8 rings (SSSR count). The lowest BCUT2D eigenvalue weighted by molar-refractivity contribution is 0.995. The van der Waals surface area contributed by atoms with Crippen molar-refractivity contribution in [2.45, 2.75) is 0 Å². The van der Waals surface area contributed by atoms with Crippen molar-refractivity contribution in [3.8, 4) is 50.7 Å². The first-order valence-corrected chi connectivity index (χ1v) is 15.3. The molecule has 5 aromatic carbocycles. The second-order valence-electron chi connectivity index (χ2n) is 10.7. The molecular weight excluding hydrogens is 604 g/mol. The Labute approximate surface area is 263 Å². The topological polar surface area (TPSA) is 43.6 Å². The van der Waals surface area contributed by atoms with Crippen molar-refractivity contribution in [1.82, 2.24) is 19.5 Å². The molecule has 0 bridgehead atoms. The van der Waals surface area contributed by atoms with E-state index in [1.54, 1.807) is 0 Å². The average Bonchev–Trinajstić information content (AvgIpc) is 3.43. The third-order valence-corrected chi connectivity index (χ3v) is 8.45. The maximum absolute atomic E-state index is 5.23. The van der Waals surface area contributed by atoms with Gasteiger partial charge in [-0.1, -0.05) is 107 Å². The molecule has 5 heteroatoms. The molecule has 44 heavy (non-hydrogen) atoms. The molecule has 8 aromatic rings. The van der Waals surface area contributed by atoms with Crippen LogP contribution in [-0.4, -0.2) is 19.5 Å². The molecule has 0 atom stereocenters. The van der Waals surface area contributed by atoms with Crippen LogP contribution < -0.4 is 0 Å². The summed E-state index contributed by atoms with van der Waals surface area (Å²) in [5.41, 5.74) is 10.4. The van der Waals surface area contributed by atoms with Crippen LogP contribution in [0.1, 0.15) is 0 Å². The van der Waals surface area contributed by atoms with Gasteiger partial charge in [0.25, 0.3) is 0 Å². The van der Waals surface area contributed by atoms with Crippen LogP contribution in [0.3, 0.4) is 0 Å². The number of pyridine rings is 1. The standard InChI is InChI=1S/C39H25BrN4/c40-32-23-30(28-18-20-41-21-19-28)22-31(24-32)36-25-35(29-16-14-27(15-17-29)26-8-2-1-3-9-26)42-39(43-36)44-37-12-6-4-10-33(37)34-11-5-7-13-38(34)44/h1-25H. The number of para-hydroxylation sites is 2. The van der Waals surface area contributed by atoms with Gasteiger partial charge in [-0.05, 0) is 70.8 Å². The first-order valence-electron chi connectivity index (χ1n) is 14.5. The van der Waals surface area contributed by atoms with Gasteiger partial charge >= 0.3 is 0 Å². The molecule has 0 aliphatic heterocycles. The monoisotopic (exact) mass is 628 g/mol. The van der Waals surface area contributed by atoms with Gasteiger partial charge in [0.1, 0.15) is 0 Å². The van der Waals surface area contributed by atoms with Gasteiger partial charge in [-0.2, -0.15) is 0 Å². The number of hydrogen-bond acceptors (Lipinski definition) is 3. The Kier molecular flexibility index (Phi) is 6.58. The van der Waals surface area contributed by atoms with Crippen LogP contribution in [-0.2, 0) is 0 Å². The van der Waals surface area contributed by atoms with Gasteiger partial charge in [0, 0.05) is 38.8 Å². The molecule has 0 aliphatic rings. The van der Waals surface area contributed by atoms with Crippen molar-refractivity contribution >= 4 is 37.7 Å². The van der Waals surface area contributed by atoms with Crippen molar-refractivity contribution in [2.24, 2.45) is 0 Å². The smallest absolute Gasteiger partial charge is 0.235 e. The molecule has 0 aliphatic carbocycles. The lowest BCUT2D eigenvalue weighted by Gasteiger charge is -2.13. The van der Waals surface area contributed by atoms with Gasteiger partial charge in [-0.25, -0.2) is 9.97 Å². The highest BCUT2D eigenvalue weighted by molar-refractivity contribution is 9.10. The Bertz CT molecular complexity index is 2220. The molecular formula is C39H25BrN4. The van der Waals surface area contributed by atoms with Gasteiger partial charge in [0.15, 0.2) is 0 Å². The fourth-order valence-corrected chi connectivity index (χ4v) is 6.37. The SMILES string of the molecule is Brc1cc(-c2ccncc2)cc(-c2cc(-c3ccc(-c4ccccc4)cc3)nc(-n3c4ccccc4c4ccccc43)n2)c1. The second kappa shape index (κ2) is 11.0. The number of aromatic nitrogens is 4. The van der Waals surface area contributed by atoms with E-state index in [9.17, 15) is 0 Å². The van der Waals surface area contributed by atoms with E-state index >= 15 is 0 Å².